The second-order valence-corrected chi connectivity index (χ2v) is 16.0. The standard InChI is InChI=1S/C45H53ClN12O8/c1-47-41(61)34-4-2-3-5-36(34)53-40-35(46)27-50-44(55-40)52-30-6-9-32(10-7-30)56-18-20-57(21-19-56)45(64)49-17-23-66-25-24-65-22-16-48-15-14-39(60)51-31-8-11-33-29(26-31)28-58(43(33)63)37-12-13-38(59)54-42(37)62/h2-11,26-27,37,48H,12-25,28H2,1H3,(H,47,61)(H,49,64)(H,51,60)(H,54,59,62)(H2,50,52,53,55). The lowest BCUT2D eigenvalue weighted by Crippen LogP contribution is -2.52. The van der Waals surface area contributed by atoms with Gasteiger partial charge in [-0.3, -0.25) is 29.3 Å². The van der Waals surface area contributed by atoms with Crippen LogP contribution in [0.1, 0.15) is 45.5 Å². The Morgan fingerprint density at radius 1 is 0.864 bits per heavy atom. The van der Waals surface area contributed by atoms with Crippen molar-refractivity contribution >= 4 is 81.7 Å². The van der Waals surface area contributed by atoms with E-state index in [1.807, 2.05) is 30.3 Å². The van der Waals surface area contributed by atoms with Gasteiger partial charge in [0.25, 0.3) is 11.8 Å². The molecule has 7 N–H and O–H groups in total. The van der Waals surface area contributed by atoms with Crippen LogP contribution in [-0.4, -0.2) is 141 Å². The van der Waals surface area contributed by atoms with Crippen molar-refractivity contribution in [1.29, 1.82) is 0 Å². The van der Waals surface area contributed by atoms with Crippen LogP contribution in [0, 0.1) is 0 Å². The van der Waals surface area contributed by atoms with E-state index in [4.69, 9.17) is 21.1 Å². The number of carbonyl (C=O) groups is 6. The van der Waals surface area contributed by atoms with Crippen LogP contribution in [-0.2, 0) is 30.4 Å². The van der Waals surface area contributed by atoms with Gasteiger partial charge in [0.1, 0.15) is 11.1 Å². The monoisotopic (exact) mass is 924 g/mol. The largest absolute Gasteiger partial charge is 0.378 e. The van der Waals surface area contributed by atoms with Crippen LogP contribution in [0.3, 0.4) is 0 Å². The summed E-state index contributed by atoms with van der Waals surface area (Å²) < 4.78 is 11.2. The third kappa shape index (κ3) is 12.5. The van der Waals surface area contributed by atoms with E-state index in [1.54, 1.807) is 48.3 Å². The molecule has 0 aliphatic carbocycles. The first-order valence-electron chi connectivity index (χ1n) is 21.8. The maximum Gasteiger partial charge on any atom is 0.317 e. The molecule has 20 nitrogen and oxygen atoms in total. The summed E-state index contributed by atoms with van der Waals surface area (Å²) >= 11 is 6.38. The van der Waals surface area contributed by atoms with Gasteiger partial charge >= 0.3 is 6.03 Å². The fourth-order valence-corrected chi connectivity index (χ4v) is 7.77. The molecular weight excluding hydrogens is 872 g/mol. The molecule has 21 heteroatoms. The Morgan fingerprint density at radius 2 is 1.61 bits per heavy atom. The van der Waals surface area contributed by atoms with Crippen LogP contribution >= 0.6 is 11.6 Å². The number of amides is 7. The minimum absolute atomic E-state index is 0.134. The predicted molar refractivity (Wildman–Crippen MR) is 247 cm³/mol. The Balaban J connectivity index is 0.703. The molecule has 2 saturated heterocycles. The molecule has 3 aliphatic heterocycles. The van der Waals surface area contributed by atoms with Gasteiger partial charge < -0.3 is 56.1 Å². The van der Waals surface area contributed by atoms with Crippen molar-refractivity contribution < 1.29 is 38.2 Å². The van der Waals surface area contributed by atoms with E-state index in [2.05, 4.69) is 52.1 Å². The number of para-hydroxylation sites is 1. The smallest absolute Gasteiger partial charge is 0.317 e. The number of nitrogens with one attached hydrogen (secondary N) is 7. The summed E-state index contributed by atoms with van der Waals surface area (Å²) in [7, 11) is 1.57. The molecule has 348 valence electrons. The summed E-state index contributed by atoms with van der Waals surface area (Å²) in [4.78, 5) is 88.7. The summed E-state index contributed by atoms with van der Waals surface area (Å²) in [6.45, 7) is 5.67. The second kappa shape index (κ2) is 22.8. The molecule has 3 aliphatic rings. The molecule has 0 radical (unpaired) electrons. The molecule has 2 fully saturated rings. The topological polar surface area (TPSA) is 241 Å². The van der Waals surface area contributed by atoms with Crippen LogP contribution in [0.5, 0.6) is 0 Å². The normalized spacial score (nSPS) is 15.8. The molecule has 0 saturated carbocycles. The highest BCUT2D eigenvalue weighted by molar-refractivity contribution is 6.33. The van der Waals surface area contributed by atoms with Gasteiger partial charge in [-0.05, 0) is 66.6 Å². The number of carbonyl (C=O) groups excluding carboxylic acids is 6. The molecule has 3 aromatic carbocycles. The van der Waals surface area contributed by atoms with E-state index in [9.17, 15) is 28.8 Å². The van der Waals surface area contributed by atoms with Crippen LogP contribution in [0.2, 0.25) is 5.02 Å². The average molecular weight is 925 g/mol. The Morgan fingerprint density at radius 3 is 2.36 bits per heavy atom. The van der Waals surface area contributed by atoms with Crippen LogP contribution in [0.15, 0.2) is 72.9 Å². The lowest BCUT2D eigenvalue weighted by atomic mass is 10.0. The summed E-state index contributed by atoms with van der Waals surface area (Å²) in [6.07, 6.45) is 2.20. The average Bonchev–Trinajstić information content (AvgIpc) is 3.64. The number of halogens is 1. The van der Waals surface area contributed by atoms with Gasteiger partial charge in [-0.25, -0.2) is 9.78 Å². The first kappa shape index (κ1) is 47.1. The number of anilines is 6. The zero-order valence-electron chi connectivity index (χ0n) is 36.5. The van der Waals surface area contributed by atoms with Crippen LogP contribution < -0.4 is 42.1 Å². The Kier molecular flexibility index (Phi) is 16.3. The molecule has 7 amide bonds. The predicted octanol–water partition coefficient (Wildman–Crippen LogP) is 3.22. The van der Waals surface area contributed by atoms with E-state index in [0.717, 1.165) is 16.9 Å². The van der Waals surface area contributed by atoms with E-state index in [0.29, 0.717) is 112 Å². The minimum Gasteiger partial charge on any atom is -0.378 e. The molecule has 4 heterocycles. The number of benzene rings is 3. The van der Waals surface area contributed by atoms with Gasteiger partial charge in [-0.2, -0.15) is 4.98 Å². The first-order chi connectivity index (χ1) is 32.1. The third-order valence-corrected chi connectivity index (χ3v) is 11.4. The van der Waals surface area contributed by atoms with Crippen LogP contribution in [0.4, 0.5) is 39.3 Å². The third-order valence-electron chi connectivity index (χ3n) is 11.1. The first-order valence-corrected chi connectivity index (χ1v) is 22.1. The number of fused-ring (bicyclic) bond motifs is 1. The van der Waals surface area contributed by atoms with Gasteiger partial charge in [0.2, 0.25) is 23.7 Å². The lowest BCUT2D eigenvalue weighted by Gasteiger charge is -2.36. The van der Waals surface area contributed by atoms with Crippen molar-refractivity contribution in [1.82, 2.24) is 41.0 Å². The Bertz CT molecular complexity index is 2400. The number of imide groups is 1. The van der Waals surface area contributed by atoms with Crippen molar-refractivity contribution in [3.05, 3.63) is 94.6 Å². The molecule has 0 bridgehead atoms. The zero-order chi connectivity index (χ0) is 46.4. The number of piperazine rings is 1. The number of hydrogen-bond donors (Lipinski definition) is 7. The van der Waals surface area contributed by atoms with Crippen molar-refractivity contribution in [3.63, 3.8) is 0 Å². The number of rotatable bonds is 20. The van der Waals surface area contributed by atoms with Crippen molar-refractivity contribution in [2.24, 2.45) is 0 Å². The number of nitrogens with zero attached hydrogens (tertiary/aromatic N) is 5. The Labute approximate surface area is 386 Å². The molecule has 1 aromatic heterocycles. The number of ether oxygens (including phenoxy) is 2. The molecule has 1 atom stereocenters. The van der Waals surface area contributed by atoms with Gasteiger partial charge in [-0.1, -0.05) is 23.7 Å². The number of piperidine rings is 1. The molecule has 7 rings (SSSR count). The molecule has 66 heavy (non-hydrogen) atoms. The SMILES string of the molecule is CNC(=O)c1ccccc1Nc1nc(Nc2ccc(N3CCN(C(=O)NCCOCCOCCNCCC(=O)Nc4ccc5c(c4)CN(C4CCC(=O)NC4=O)C5=O)CC3)cc2)ncc1Cl. The molecule has 4 aromatic rings. The number of aromatic nitrogens is 2. The quantitative estimate of drug-likeness (QED) is 0.0498. The number of hydrogen-bond acceptors (Lipinski definition) is 14. The fraction of sp³-hybridized carbons (Fsp3) is 0.378. The summed E-state index contributed by atoms with van der Waals surface area (Å²) in [6, 6.07) is 19.2. The van der Waals surface area contributed by atoms with Gasteiger partial charge in [0.15, 0.2) is 5.82 Å². The van der Waals surface area contributed by atoms with Crippen LogP contribution in [0.25, 0.3) is 0 Å². The van der Waals surface area contributed by atoms with Gasteiger partial charge in [0.05, 0.1) is 43.9 Å². The van der Waals surface area contributed by atoms with Crippen molar-refractivity contribution in [2.45, 2.75) is 31.8 Å². The highest BCUT2D eigenvalue weighted by Gasteiger charge is 2.39. The zero-order valence-corrected chi connectivity index (χ0v) is 37.2. The van der Waals surface area contributed by atoms with Gasteiger partial charge in [0, 0.05) is 94.9 Å². The Hall–Kier alpha value is -6.87. The maximum absolute atomic E-state index is 12.9. The highest BCUT2D eigenvalue weighted by Crippen LogP contribution is 2.30. The molecule has 1 unspecified atom stereocenters. The fourth-order valence-electron chi connectivity index (χ4n) is 7.63. The minimum atomic E-state index is -0.692. The van der Waals surface area contributed by atoms with Gasteiger partial charge in [-0.15, -0.1) is 0 Å². The van der Waals surface area contributed by atoms with E-state index in [-0.39, 0.29) is 55.5 Å². The molecular formula is C45H53ClN12O8. The van der Waals surface area contributed by atoms with E-state index < -0.39 is 11.9 Å². The summed E-state index contributed by atoms with van der Waals surface area (Å²) in [5.41, 5.74) is 4.57. The lowest BCUT2D eigenvalue weighted by molar-refractivity contribution is -0.137. The highest BCUT2D eigenvalue weighted by atomic mass is 35.5. The maximum atomic E-state index is 12.9. The molecule has 0 spiro atoms. The summed E-state index contributed by atoms with van der Waals surface area (Å²) in [5, 5.41) is 20.5. The summed E-state index contributed by atoms with van der Waals surface area (Å²) in [5.74, 6) is -0.812. The number of urea groups is 1. The second-order valence-electron chi connectivity index (χ2n) is 15.6. The van der Waals surface area contributed by atoms with Crippen molar-refractivity contribution in [3.8, 4) is 0 Å². The van der Waals surface area contributed by atoms with Crippen molar-refractivity contribution in [2.75, 3.05) is 100 Å². The van der Waals surface area contributed by atoms with E-state index >= 15 is 0 Å². The van der Waals surface area contributed by atoms with E-state index in [1.165, 1.54) is 11.1 Å².